The normalized spacial score (nSPS) is 12.0. The van der Waals surface area contributed by atoms with Crippen molar-refractivity contribution >= 4 is 11.9 Å². The molecule has 0 heterocycles. The summed E-state index contributed by atoms with van der Waals surface area (Å²) < 4.78 is 28.1. The minimum atomic E-state index is -2.92. The number of hydrogen-bond donors (Lipinski definition) is 3. The monoisotopic (exact) mass is 303 g/mol. The molecule has 0 unspecified atom stereocenters. The van der Waals surface area contributed by atoms with Crippen LogP contribution in [0.1, 0.15) is 12.0 Å². The first-order valence-electron chi connectivity index (χ1n) is 6.09. The number of aliphatic hydroxyl groups is 1. The highest BCUT2D eigenvalue weighted by molar-refractivity contribution is 5.84. The molecular formula is C13H15F2NO5. The summed E-state index contributed by atoms with van der Waals surface area (Å²) >= 11 is 0. The standard InChI is InChI=1S/C13H15F2NO5/c14-13(15)21-9-3-1-8(2-4-9)7-11(18)16-10(5-6-17)12(19)20/h1-4,10,13,17H,5-7H2,(H,16,18)(H,19,20)/t10-/m1/s1. The second-order valence-electron chi connectivity index (χ2n) is 4.17. The van der Waals surface area contributed by atoms with E-state index in [1.807, 2.05) is 0 Å². The second-order valence-corrected chi connectivity index (χ2v) is 4.17. The van der Waals surface area contributed by atoms with Gasteiger partial charge in [0.15, 0.2) is 0 Å². The molecule has 0 fully saturated rings. The molecule has 0 spiro atoms. The quantitative estimate of drug-likeness (QED) is 0.659. The Morgan fingerprint density at radius 2 is 1.86 bits per heavy atom. The van der Waals surface area contributed by atoms with E-state index in [-0.39, 0.29) is 25.2 Å². The minimum Gasteiger partial charge on any atom is -0.480 e. The third-order valence-electron chi connectivity index (χ3n) is 2.56. The van der Waals surface area contributed by atoms with Crippen LogP contribution in [-0.2, 0) is 16.0 Å². The first kappa shape index (κ1) is 16.8. The molecular weight excluding hydrogens is 288 g/mol. The van der Waals surface area contributed by atoms with E-state index in [1.54, 1.807) is 0 Å². The lowest BCUT2D eigenvalue weighted by atomic mass is 10.1. The number of halogens is 2. The Morgan fingerprint density at radius 3 is 2.33 bits per heavy atom. The van der Waals surface area contributed by atoms with Gasteiger partial charge in [-0.05, 0) is 17.7 Å². The van der Waals surface area contributed by atoms with Gasteiger partial charge in [0.25, 0.3) is 0 Å². The summed E-state index contributed by atoms with van der Waals surface area (Å²) in [5.74, 6) is -1.81. The third-order valence-corrected chi connectivity index (χ3v) is 2.56. The molecule has 0 bridgehead atoms. The van der Waals surface area contributed by atoms with Gasteiger partial charge in [0.05, 0.1) is 6.42 Å². The highest BCUT2D eigenvalue weighted by Crippen LogP contribution is 2.15. The number of nitrogens with one attached hydrogen (secondary N) is 1. The molecule has 0 radical (unpaired) electrons. The molecule has 8 heteroatoms. The van der Waals surface area contributed by atoms with Crippen molar-refractivity contribution in [2.24, 2.45) is 0 Å². The lowest BCUT2D eigenvalue weighted by Gasteiger charge is -2.13. The summed E-state index contributed by atoms with van der Waals surface area (Å²) in [7, 11) is 0. The zero-order valence-electron chi connectivity index (χ0n) is 11.0. The van der Waals surface area contributed by atoms with Crippen LogP contribution in [0.4, 0.5) is 8.78 Å². The first-order chi connectivity index (χ1) is 9.92. The number of rotatable bonds is 8. The fraction of sp³-hybridized carbons (Fsp3) is 0.385. The number of ether oxygens (including phenoxy) is 1. The Morgan fingerprint density at radius 1 is 1.24 bits per heavy atom. The van der Waals surface area contributed by atoms with E-state index < -0.39 is 24.5 Å². The van der Waals surface area contributed by atoms with Crippen LogP contribution in [-0.4, -0.2) is 41.3 Å². The molecule has 1 aromatic carbocycles. The average Bonchev–Trinajstić information content (AvgIpc) is 2.40. The molecule has 1 aromatic rings. The van der Waals surface area contributed by atoms with Gasteiger partial charge in [-0.1, -0.05) is 12.1 Å². The Bertz CT molecular complexity index is 478. The van der Waals surface area contributed by atoms with Gasteiger partial charge in [0.1, 0.15) is 11.8 Å². The molecule has 0 saturated carbocycles. The zero-order valence-corrected chi connectivity index (χ0v) is 11.0. The predicted octanol–water partition coefficient (Wildman–Crippen LogP) is 0.782. The van der Waals surface area contributed by atoms with Gasteiger partial charge in [-0.15, -0.1) is 0 Å². The Hall–Kier alpha value is -2.22. The van der Waals surface area contributed by atoms with Gasteiger partial charge in [0.2, 0.25) is 5.91 Å². The molecule has 1 amide bonds. The van der Waals surface area contributed by atoms with E-state index in [9.17, 15) is 18.4 Å². The van der Waals surface area contributed by atoms with Crippen molar-refractivity contribution in [3.63, 3.8) is 0 Å². The van der Waals surface area contributed by atoms with Gasteiger partial charge in [0, 0.05) is 13.0 Å². The van der Waals surface area contributed by atoms with E-state index in [0.717, 1.165) is 0 Å². The summed E-state index contributed by atoms with van der Waals surface area (Å²) in [5, 5.41) is 19.8. The van der Waals surface area contributed by atoms with Crippen LogP contribution in [0.25, 0.3) is 0 Å². The van der Waals surface area contributed by atoms with Gasteiger partial charge in [-0.3, -0.25) is 4.79 Å². The predicted molar refractivity (Wildman–Crippen MR) is 68.0 cm³/mol. The zero-order chi connectivity index (χ0) is 15.8. The fourth-order valence-corrected chi connectivity index (χ4v) is 1.61. The van der Waals surface area contributed by atoms with Gasteiger partial charge in [-0.25, -0.2) is 4.79 Å². The van der Waals surface area contributed by atoms with Crippen LogP contribution in [0.15, 0.2) is 24.3 Å². The first-order valence-corrected chi connectivity index (χ1v) is 6.09. The Balaban J connectivity index is 2.56. The van der Waals surface area contributed by atoms with Crippen molar-refractivity contribution in [2.45, 2.75) is 25.5 Å². The number of amides is 1. The van der Waals surface area contributed by atoms with Crippen molar-refractivity contribution in [2.75, 3.05) is 6.61 Å². The molecule has 3 N–H and O–H groups in total. The number of carboxylic acid groups (broad SMARTS) is 1. The third kappa shape index (κ3) is 6.17. The number of alkyl halides is 2. The molecule has 0 aliphatic carbocycles. The molecule has 21 heavy (non-hydrogen) atoms. The maximum Gasteiger partial charge on any atom is 0.387 e. The number of carboxylic acids is 1. The summed E-state index contributed by atoms with van der Waals surface area (Å²) in [6.07, 6.45) is -0.202. The largest absolute Gasteiger partial charge is 0.480 e. The molecule has 0 aromatic heterocycles. The maximum atomic E-state index is 12.0. The average molecular weight is 303 g/mol. The lowest BCUT2D eigenvalue weighted by Crippen LogP contribution is -2.42. The van der Waals surface area contributed by atoms with E-state index in [0.29, 0.717) is 5.56 Å². The highest BCUT2D eigenvalue weighted by Gasteiger charge is 2.19. The van der Waals surface area contributed by atoms with E-state index >= 15 is 0 Å². The second kappa shape index (κ2) is 8.15. The smallest absolute Gasteiger partial charge is 0.387 e. The summed E-state index contributed by atoms with van der Waals surface area (Å²) in [5.41, 5.74) is 0.516. The lowest BCUT2D eigenvalue weighted by molar-refractivity contribution is -0.142. The molecule has 1 atom stereocenters. The van der Waals surface area contributed by atoms with E-state index in [2.05, 4.69) is 10.1 Å². The molecule has 0 aliphatic heterocycles. The molecule has 0 saturated heterocycles. The van der Waals surface area contributed by atoms with Crippen molar-refractivity contribution < 1.29 is 33.3 Å². The van der Waals surface area contributed by atoms with E-state index in [4.69, 9.17) is 10.2 Å². The van der Waals surface area contributed by atoms with E-state index in [1.165, 1.54) is 24.3 Å². The van der Waals surface area contributed by atoms with Crippen molar-refractivity contribution in [3.8, 4) is 5.75 Å². The molecule has 116 valence electrons. The number of aliphatic hydroxyl groups excluding tert-OH is 1. The van der Waals surface area contributed by atoms with Crippen LogP contribution < -0.4 is 10.1 Å². The van der Waals surface area contributed by atoms with Crippen LogP contribution in [0.2, 0.25) is 0 Å². The summed E-state index contributed by atoms with van der Waals surface area (Å²) in [4.78, 5) is 22.5. The number of aliphatic carboxylic acids is 1. The number of benzene rings is 1. The maximum absolute atomic E-state index is 12.0. The number of carbonyl (C=O) groups is 2. The van der Waals surface area contributed by atoms with Crippen LogP contribution in [0.5, 0.6) is 5.75 Å². The molecule has 1 rings (SSSR count). The number of hydrogen-bond acceptors (Lipinski definition) is 4. The molecule has 0 aliphatic rings. The fourth-order valence-electron chi connectivity index (χ4n) is 1.61. The number of carbonyl (C=O) groups excluding carboxylic acids is 1. The highest BCUT2D eigenvalue weighted by atomic mass is 19.3. The van der Waals surface area contributed by atoms with Crippen LogP contribution in [0, 0.1) is 0 Å². The van der Waals surface area contributed by atoms with Gasteiger partial charge in [-0.2, -0.15) is 8.78 Å². The van der Waals surface area contributed by atoms with Crippen molar-refractivity contribution in [1.82, 2.24) is 5.32 Å². The van der Waals surface area contributed by atoms with Crippen molar-refractivity contribution in [1.29, 1.82) is 0 Å². The minimum absolute atomic E-state index is 0.0298. The van der Waals surface area contributed by atoms with Gasteiger partial charge < -0.3 is 20.3 Å². The molecule has 6 nitrogen and oxygen atoms in total. The topological polar surface area (TPSA) is 95.9 Å². The van der Waals surface area contributed by atoms with Gasteiger partial charge >= 0.3 is 12.6 Å². The Kier molecular flexibility index (Phi) is 6.54. The SMILES string of the molecule is O=C(Cc1ccc(OC(F)F)cc1)N[C@H](CCO)C(=O)O. The summed E-state index contributed by atoms with van der Waals surface area (Å²) in [6.45, 7) is -3.29. The van der Waals surface area contributed by atoms with Crippen LogP contribution in [0.3, 0.4) is 0 Å². The summed E-state index contributed by atoms with van der Waals surface area (Å²) in [6, 6.07) is 4.27. The van der Waals surface area contributed by atoms with Crippen LogP contribution >= 0.6 is 0 Å². The van der Waals surface area contributed by atoms with Crippen molar-refractivity contribution in [3.05, 3.63) is 29.8 Å². The Labute approximate surface area is 119 Å².